The maximum atomic E-state index is 12.4. The van der Waals surface area contributed by atoms with Crippen LogP contribution in [0, 0.1) is 0 Å². The highest BCUT2D eigenvalue weighted by molar-refractivity contribution is 6.35. The molecule has 27 heavy (non-hydrogen) atoms. The first kappa shape index (κ1) is 21.3. The van der Waals surface area contributed by atoms with Gasteiger partial charge < -0.3 is 19.4 Å². The molecular weight excluding hydrogens is 391 g/mol. The smallest absolute Gasteiger partial charge is 0.257 e. The summed E-state index contributed by atoms with van der Waals surface area (Å²) < 4.78 is 9.99. The molecule has 6 nitrogen and oxygen atoms in total. The number of carbonyl (C=O) groups excluding carboxylic acids is 2. The summed E-state index contributed by atoms with van der Waals surface area (Å²) in [6, 6.07) is 6.88. The highest BCUT2D eigenvalue weighted by Gasteiger charge is 2.17. The van der Waals surface area contributed by atoms with Crippen LogP contribution in [0.2, 0.25) is 10.0 Å². The lowest BCUT2D eigenvalue weighted by Crippen LogP contribution is -2.37. The fourth-order valence-corrected chi connectivity index (χ4v) is 2.97. The Labute approximate surface area is 168 Å². The van der Waals surface area contributed by atoms with Crippen LogP contribution in [0.1, 0.15) is 22.3 Å². The number of rotatable bonds is 10. The Balaban J connectivity index is 1.79. The number of nitrogens with one attached hydrogen (secondary N) is 1. The number of hydrogen-bond donors (Lipinski definition) is 1. The van der Waals surface area contributed by atoms with E-state index in [2.05, 4.69) is 5.32 Å². The van der Waals surface area contributed by atoms with Crippen LogP contribution in [0.25, 0.3) is 0 Å². The Morgan fingerprint density at radius 2 is 2.04 bits per heavy atom. The zero-order chi connectivity index (χ0) is 19.6. The fourth-order valence-electron chi connectivity index (χ4n) is 2.47. The van der Waals surface area contributed by atoms with Crippen molar-refractivity contribution in [3.63, 3.8) is 0 Å². The number of nitrogens with zero attached hydrogens (tertiary/aromatic N) is 1. The van der Waals surface area contributed by atoms with Gasteiger partial charge in [-0.3, -0.25) is 9.59 Å². The van der Waals surface area contributed by atoms with Crippen LogP contribution in [0.5, 0.6) is 0 Å². The van der Waals surface area contributed by atoms with Crippen LogP contribution < -0.4 is 5.32 Å². The van der Waals surface area contributed by atoms with E-state index in [9.17, 15) is 9.59 Å². The predicted molar refractivity (Wildman–Crippen MR) is 104 cm³/mol. The van der Waals surface area contributed by atoms with Crippen molar-refractivity contribution in [3.05, 3.63) is 58.0 Å². The molecule has 0 aliphatic heterocycles. The summed E-state index contributed by atoms with van der Waals surface area (Å²) in [5.74, 6) is -0.330. The number of halogens is 2. The lowest BCUT2D eigenvalue weighted by atomic mass is 10.1. The number of ether oxygens (including phenoxy) is 1. The first-order valence-electron chi connectivity index (χ1n) is 8.52. The summed E-state index contributed by atoms with van der Waals surface area (Å²) >= 11 is 12.0. The number of furan rings is 1. The molecule has 0 bridgehead atoms. The number of methoxy groups -OCH3 is 1. The summed E-state index contributed by atoms with van der Waals surface area (Å²) in [7, 11) is 1.56. The van der Waals surface area contributed by atoms with Crippen molar-refractivity contribution in [2.75, 3.05) is 33.4 Å². The maximum absolute atomic E-state index is 12.4. The SMILES string of the molecule is COCCN(CCC(=O)NCCc1ccc(Cl)cc1Cl)C(=O)c1ccoc1. The molecule has 0 aliphatic carbocycles. The molecule has 2 aromatic rings. The highest BCUT2D eigenvalue weighted by Crippen LogP contribution is 2.21. The van der Waals surface area contributed by atoms with Crippen molar-refractivity contribution < 1.29 is 18.7 Å². The Kier molecular flexibility index (Phi) is 8.64. The summed E-state index contributed by atoms with van der Waals surface area (Å²) in [5.41, 5.74) is 1.36. The van der Waals surface area contributed by atoms with Crippen molar-refractivity contribution >= 4 is 35.0 Å². The third-order valence-electron chi connectivity index (χ3n) is 3.96. The van der Waals surface area contributed by atoms with Gasteiger partial charge in [0.2, 0.25) is 5.91 Å². The van der Waals surface area contributed by atoms with E-state index < -0.39 is 0 Å². The van der Waals surface area contributed by atoms with E-state index in [4.69, 9.17) is 32.4 Å². The van der Waals surface area contributed by atoms with Crippen molar-refractivity contribution in [2.45, 2.75) is 12.8 Å². The van der Waals surface area contributed by atoms with Gasteiger partial charge in [0, 0.05) is 43.2 Å². The molecule has 146 valence electrons. The Hall–Kier alpha value is -2.02. The average Bonchev–Trinajstić information content (AvgIpc) is 3.18. The van der Waals surface area contributed by atoms with Crippen molar-refractivity contribution in [3.8, 4) is 0 Å². The molecule has 1 aromatic carbocycles. The highest BCUT2D eigenvalue weighted by atomic mass is 35.5. The lowest BCUT2D eigenvalue weighted by molar-refractivity contribution is -0.121. The third kappa shape index (κ3) is 6.90. The zero-order valence-corrected chi connectivity index (χ0v) is 16.6. The van der Waals surface area contributed by atoms with Crippen molar-refractivity contribution in [1.82, 2.24) is 10.2 Å². The molecule has 0 saturated heterocycles. The quantitative estimate of drug-likeness (QED) is 0.648. The second kappa shape index (κ2) is 11.0. The minimum absolute atomic E-state index is 0.137. The summed E-state index contributed by atoms with van der Waals surface area (Å²) in [6.07, 6.45) is 3.62. The fraction of sp³-hybridized carbons (Fsp3) is 0.368. The molecule has 0 atom stereocenters. The Morgan fingerprint density at radius 1 is 1.22 bits per heavy atom. The second-order valence-electron chi connectivity index (χ2n) is 5.88. The monoisotopic (exact) mass is 412 g/mol. The molecule has 2 rings (SSSR count). The molecule has 0 fully saturated rings. The molecule has 0 unspecified atom stereocenters. The van der Waals surface area contributed by atoms with E-state index in [0.29, 0.717) is 48.3 Å². The van der Waals surface area contributed by atoms with E-state index in [1.165, 1.54) is 12.5 Å². The maximum Gasteiger partial charge on any atom is 0.257 e. The lowest BCUT2D eigenvalue weighted by Gasteiger charge is -2.21. The average molecular weight is 413 g/mol. The van der Waals surface area contributed by atoms with Crippen LogP contribution in [-0.2, 0) is 16.0 Å². The van der Waals surface area contributed by atoms with E-state index in [1.54, 1.807) is 30.2 Å². The third-order valence-corrected chi connectivity index (χ3v) is 4.55. The standard InChI is InChI=1S/C19H22Cl2N2O4/c1-26-11-9-23(19(25)15-6-10-27-13-15)8-5-18(24)22-7-4-14-2-3-16(20)12-17(14)21/h2-3,6,10,12-13H,4-5,7-9,11H2,1H3,(H,22,24). The number of carbonyl (C=O) groups is 2. The molecule has 0 radical (unpaired) electrons. The predicted octanol–water partition coefficient (Wildman–Crippen LogP) is 3.42. The van der Waals surface area contributed by atoms with Gasteiger partial charge in [0.05, 0.1) is 18.4 Å². The van der Waals surface area contributed by atoms with Gasteiger partial charge in [-0.25, -0.2) is 0 Å². The molecule has 2 amide bonds. The number of hydrogen-bond acceptors (Lipinski definition) is 4. The van der Waals surface area contributed by atoms with Crippen LogP contribution in [-0.4, -0.2) is 50.1 Å². The number of amides is 2. The molecule has 1 N–H and O–H groups in total. The van der Waals surface area contributed by atoms with Crippen molar-refractivity contribution in [1.29, 1.82) is 0 Å². The van der Waals surface area contributed by atoms with Gasteiger partial charge in [0.25, 0.3) is 5.91 Å². The largest absolute Gasteiger partial charge is 0.472 e. The van der Waals surface area contributed by atoms with E-state index >= 15 is 0 Å². The van der Waals surface area contributed by atoms with E-state index in [-0.39, 0.29) is 18.2 Å². The van der Waals surface area contributed by atoms with Gasteiger partial charge in [-0.15, -0.1) is 0 Å². The van der Waals surface area contributed by atoms with Crippen molar-refractivity contribution in [2.24, 2.45) is 0 Å². The van der Waals surface area contributed by atoms with Crippen LogP contribution in [0.3, 0.4) is 0 Å². The first-order valence-corrected chi connectivity index (χ1v) is 9.28. The van der Waals surface area contributed by atoms with Gasteiger partial charge in [-0.05, 0) is 30.2 Å². The Bertz CT molecular complexity index is 750. The molecule has 8 heteroatoms. The van der Waals surface area contributed by atoms with Gasteiger partial charge in [-0.1, -0.05) is 29.3 Å². The second-order valence-corrected chi connectivity index (χ2v) is 6.73. The Morgan fingerprint density at radius 3 is 2.70 bits per heavy atom. The van der Waals surface area contributed by atoms with E-state index in [0.717, 1.165) is 5.56 Å². The minimum atomic E-state index is -0.193. The molecule has 0 spiro atoms. The zero-order valence-electron chi connectivity index (χ0n) is 15.0. The first-order chi connectivity index (χ1) is 13.0. The topological polar surface area (TPSA) is 71.8 Å². The van der Waals surface area contributed by atoms with Crippen LogP contribution in [0.4, 0.5) is 0 Å². The van der Waals surface area contributed by atoms with Gasteiger partial charge in [0.15, 0.2) is 0 Å². The van der Waals surface area contributed by atoms with Crippen LogP contribution in [0.15, 0.2) is 41.2 Å². The molecule has 1 aromatic heterocycles. The number of benzene rings is 1. The van der Waals surface area contributed by atoms with Gasteiger partial charge in [-0.2, -0.15) is 0 Å². The minimum Gasteiger partial charge on any atom is -0.472 e. The van der Waals surface area contributed by atoms with Gasteiger partial charge in [0.1, 0.15) is 6.26 Å². The summed E-state index contributed by atoms with van der Waals surface area (Å²) in [4.78, 5) is 26.1. The van der Waals surface area contributed by atoms with E-state index in [1.807, 2.05) is 6.07 Å². The summed E-state index contributed by atoms with van der Waals surface area (Å²) in [5, 5.41) is 3.99. The van der Waals surface area contributed by atoms with Gasteiger partial charge >= 0.3 is 0 Å². The normalized spacial score (nSPS) is 10.6. The summed E-state index contributed by atoms with van der Waals surface area (Å²) in [6.45, 7) is 1.53. The molecular formula is C19H22Cl2N2O4. The molecule has 1 heterocycles. The molecule has 0 saturated carbocycles. The molecule has 0 aliphatic rings. The van der Waals surface area contributed by atoms with Crippen LogP contribution >= 0.6 is 23.2 Å².